The zero-order valence-electron chi connectivity index (χ0n) is 13.4. The van der Waals surface area contributed by atoms with Gasteiger partial charge in [0.2, 0.25) is 18.2 Å². The quantitative estimate of drug-likeness (QED) is 0.310. The van der Waals surface area contributed by atoms with Gasteiger partial charge in [0, 0.05) is 6.07 Å². The number of carbonyl (C=O) groups excluding carboxylic acids is 1. The van der Waals surface area contributed by atoms with E-state index < -0.39 is 0 Å². The van der Waals surface area contributed by atoms with Crippen LogP contribution in [0.4, 0.5) is 0 Å². The molecular weight excluding hydrogens is 300 g/mol. The zero-order chi connectivity index (χ0) is 16.7. The highest BCUT2D eigenvalue weighted by atomic mass is 16.5. The van der Waals surface area contributed by atoms with E-state index >= 15 is 0 Å². The van der Waals surface area contributed by atoms with Crippen LogP contribution in [0.25, 0.3) is 0 Å². The van der Waals surface area contributed by atoms with Crippen molar-refractivity contribution >= 4 is 6.41 Å². The topological polar surface area (TPSA) is 105 Å². The molecule has 0 aromatic carbocycles. The fraction of sp³-hybridized carbons (Fsp3) is 0.600. The molecule has 2 heterocycles. The molecule has 2 rings (SSSR count). The molecule has 0 unspecified atom stereocenters. The van der Waals surface area contributed by atoms with Crippen molar-refractivity contribution in [2.24, 2.45) is 0 Å². The third-order valence-corrected chi connectivity index (χ3v) is 3.52. The van der Waals surface area contributed by atoms with Crippen LogP contribution in [0.2, 0.25) is 0 Å². The molecule has 2 aromatic rings. The lowest BCUT2D eigenvalue weighted by Crippen LogP contribution is -2.24. The lowest BCUT2D eigenvalue weighted by atomic mass is 10.0. The summed E-state index contributed by atoms with van der Waals surface area (Å²) in [7, 11) is 0. The first-order chi connectivity index (χ1) is 11.1. The second kappa shape index (κ2) is 8.42. The van der Waals surface area contributed by atoms with E-state index in [1.807, 2.05) is 13.0 Å². The lowest BCUT2D eigenvalue weighted by Gasteiger charge is -2.16. The minimum Gasteiger partial charge on any atom is -0.424 e. The van der Waals surface area contributed by atoms with E-state index in [0.29, 0.717) is 35.4 Å². The molecule has 23 heavy (non-hydrogen) atoms. The summed E-state index contributed by atoms with van der Waals surface area (Å²) in [6, 6.07) is 1.81. The predicted molar refractivity (Wildman–Crippen MR) is 79.8 cm³/mol. The summed E-state index contributed by atoms with van der Waals surface area (Å²) < 4.78 is 10.8. The second-order valence-electron chi connectivity index (χ2n) is 5.57. The van der Waals surface area contributed by atoms with Gasteiger partial charge in [0.15, 0.2) is 0 Å². The number of hydrogen-bond donors (Lipinski definition) is 1. The number of aryl methyl sites for hydroxylation is 1. The van der Waals surface area contributed by atoms with Crippen molar-refractivity contribution in [3.63, 3.8) is 0 Å². The van der Waals surface area contributed by atoms with E-state index in [9.17, 15) is 10.0 Å². The van der Waals surface area contributed by atoms with E-state index in [0.717, 1.165) is 31.4 Å². The Morgan fingerprint density at radius 1 is 1.39 bits per heavy atom. The summed E-state index contributed by atoms with van der Waals surface area (Å²) in [4.78, 5) is 10.6. The molecule has 0 aliphatic rings. The van der Waals surface area contributed by atoms with Crippen molar-refractivity contribution in [1.82, 2.24) is 20.4 Å². The zero-order valence-corrected chi connectivity index (χ0v) is 13.4. The van der Waals surface area contributed by atoms with E-state index in [-0.39, 0.29) is 12.5 Å². The van der Waals surface area contributed by atoms with Crippen molar-refractivity contribution in [1.29, 1.82) is 0 Å². The smallest absolute Gasteiger partial charge is 0.233 e. The number of hydroxylamine groups is 2. The largest absolute Gasteiger partial charge is 0.424 e. The highest BCUT2D eigenvalue weighted by molar-refractivity contribution is 5.44. The minimum absolute atomic E-state index is 0.135. The maximum absolute atomic E-state index is 10.6. The molecule has 0 saturated heterocycles. The Hall–Kier alpha value is -2.22. The Bertz CT molecular complexity index is 610. The Kier molecular flexibility index (Phi) is 6.28. The average molecular weight is 322 g/mol. The SMILES string of the molecule is CCCCC[C@H](CN(O)C=O)c1nnc(Cc2cc(C)no2)o1. The summed E-state index contributed by atoms with van der Waals surface area (Å²) in [6.07, 6.45) is 4.63. The van der Waals surface area contributed by atoms with Crippen LogP contribution in [0.1, 0.15) is 61.8 Å². The van der Waals surface area contributed by atoms with Crippen LogP contribution in [0.15, 0.2) is 15.0 Å². The first-order valence-corrected chi connectivity index (χ1v) is 7.77. The highest BCUT2D eigenvalue weighted by Crippen LogP contribution is 2.23. The van der Waals surface area contributed by atoms with Gasteiger partial charge >= 0.3 is 0 Å². The van der Waals surface area contributed by atoms with Gasteiger partial charge in [-0.3, -0.25) is 10.0 Å². The average Bonchev–Trinajstić information content (AvgIpc) is 3.16. The third kappa shape index (κ3) is 5.17. The Balaban J connectivity index is 2.03. The molecule has 0 bridgehead atoms. The maximum Gasteiger partial charge on any atom is 0.233 e. The van der Waals surface area contributed by atoms with Crippen molar-refractivity contribution in [3.8, 4) is 0 Å². The molecule has 0 aliphatic carbocycles. The molecule has 0 aliphatic heterocycles. The number of carbonyl (C=O) groups is 1. The normalized spacial score (nSPS) is 12.3. The minimum atomic E-state index is -0.186. The molecule has 0 radical (unpaired) electrons. The lowest BCUT2D eigenvalue weighted by molar-refractivity contribution is -0.151. The van der Waals surface area contributed by atoms with Crippen LogP contribution in [0.3, 0.4) is 0 Å². The van der Waals surface area contributed by atoms with Crippen LogP contribution < -0.4 is 0 Å². The van der Waals surface area contributed by atoms with Gasteiger partial charge in [-0.25, -0.2) is 5.06 Å². The number of unbranched alkanes of at least 4 members (excludes halogenated alkanes) is 2. The van der Waals surface area contributed by atoms with Crippen LogP contribution in [-0.4, -0.2) is 38.6 Å². The fourth-order valence-electron chi connectivity index (χ4n) is 2.35. The van der Waals surface area contributed by atoms with Gasteiger partial charge in [-0.15, -0.1) is 10.2 Å². The first-order valence-electron chi connectivity index (χ1n) is 7.77. The highest BCUT2D eigenvalue weighted by Gasteiger charge is 2.21. The molecule has 1 N–H and O–H groups in total. The van der Waals surface area contributed by atoms with Gasteiger partial charge in [-0.2, -0.15) is 0 Å². The summed E-state index contributed by atoms with van der Waals surface area (Å²) >= 11 is 0. The third-order valence-electron chi connectivity index (χ3n) is 3.52. The van der Waals surface area contributed by atoms with E-state index in [4.69, 9.17) is 8.94 Å². The Morgan fingerprint density at radius 3 is 2.87 bits per heavy atom. The molecule has 0 saturated carbocycles. The summed E-state index contributed by atoms with van der Waals surface area (Å²) in [5, 5.41) is 21.9. The Labute approximate surface area is 134 Å². The van der Waals surface area contributed by atoms with Crippen molar-refractivity contribution in [2.75, 3.05) is 6.54 Å². The first kappa shape index (κ1) is 17.1. The molecule has 0 spiro atoms. The molecule has 0 fully saturated rings. The second-order valence-corrected chi connectivity index (χ2v) is 5.57. The predicted octanol–water partition coefficient (Wildman–Crippen LogP) is 2.47. The standard InChI is InChI=1S/C15H22N4O4/c1-3-4-5-6-12(9-19(21)10-20)15-17-16-14(22-15)8-13-7-11(2)18-23-13/h7,10,12,21H,3-6,8-9H2,1-2H3/t12-/m1/s1. The van der Waals surface area contributed by atoms with Gasteiger partial charge in [0.1, 0.15) is 5.76 Å². The number of aromatic nitrogens is 3. The number of rotatable bonds is 10. The van der Waals surface area contributed by atoms with E-state index in [2.05, 4.69) is 22.3 Å². The molecule has 8 nitrogen and oxygen atoms in total. The van der Waals surface area contributed by atoms with Gasteiger partial charge in [0.25, 0.3) is 0 Å². The van der Waals surface area contributed by atoms with Crippen molar-refractivity contribution < 1.29 is 18.9 Å². The van der Waals surface area contributed by atoms with Crippen molar-refractivity contribution in [2.45, 2.75) is 51.9 Å². The summed E-state index contributed by atoms with van der Waals surface area (Å²) in [5.41, 5.74) is 0.791. The number of hydrogen-bond acceptors (Lipinski definition) is 7. The molecule has 1 amide bonds. The monoisotopic (exact) mass is 322 g/mol. The van der Waals surface area contributed by atoms with Crippen LogP contribution in [0.5, 0.6) is 0 Å². The van der Waals surface area contributed by atoms with E-state index in [1.54, 1.807) is 0 Å². The molecule has 2 aromatic heterocycles. The molecule has 1 atom stereocenters. The van der Waals surface area contributed by atoms with Crippen molar-refractivity contribution in [3.05, 3.63) is 29.3 Å². The van der Waals surface area contributed by atoms with E-state index in [1.165, 1.54) is 0 Å². The fourth-order valence-corrected chi connectivity index (χ4v) is 2.35. The number of nitrogens with zero attached hydrogens (tertiary/aromatic N) is 4. The van der Waals surface area contributed by atoms with Crippen LogP contribution >= 0.6 is 0 Å². The molecule has 126 valence electrons. The van der Waals surface area contributed by atoms with Crippen LogP contribution in [0, 0.1) is 6.92 Å². The molecular formula is C15H22N4O4. The van der Waals surface area contributed by atoms with Gasteiger partial charge in [-0.05, 0) is 13.3 Å². The number of amides is 1. The van der Waals surface area contributed by atoms with Gasteiger partial charge in [-0.1, -0.05) is 31.3 Å². The van der Waals surface area contributed by atoms with Crippen LogP contribution in [-0.2, 0) is 11.2 Å². The molecule has 8 heteroatoms. The van der Waals surface area contributed by atoms with Gasteiger partial charge in [0.05, 0.1) is 24.6 Å². The maximum atomic E-state index is 10.6. The summed E-state index contributed by atoms with van der Waals surface area (Å²) in [6.45, 7) is 4.09. The Morgan fingerprint density at radius 2 is 2.22 bits per heavy atom. The van der Waals surface area contributed by atoms with Gasteiger partial charge < -0.3 is 8.94 Å². The summed E-state index contributed by atoms with van der Waals surface area (Å²) in [5.74, 6) is 1.31.